The second-order valence-electron chi connectivity index (χ2n) is 6.89. The number of hydrogen-bond acceptors (Lipinski definition) is 8. The van der Waals surface area contributed by atoms with Crippen molar-refractivity contribution in [2.45, 2.75) is 24.7 Å². The number of ketones is 2. The van der Waals surface area contributed by atoms with Crippen LogP contribution in [-0.2, 0) is 19.1 Å². The second-order valence-corrected chi connectivity index (χ2v) is 6.89. The molecule has 0 aromatic carbocycles. The van der Waals surface area contributed by atoms with Gasteiger partial charge in [0.15, 0.2) is 5.72 Å². The lowest BCUT2D eigenvalue weighted by Gasteiger charge is -2.40. The molecule has 1 amide bonds. The molecule has 4 rings (SSSR count). The molecule has 25 heavy (non-hydrogen) atoms. The largest absolute Gasteiger partial charge is 0.449 e. The molecule has 2 saturated heterocycles. The maximum atomic E-state index is 12.9. The highest BCUT2D eigenvalue weighted by molar-refractivity contribution is 6.25. The van der Waals surface area contributed by atoms with E-state index in [1.165, 1.54) is 7.11 Å². The van der Waals surface area contributed by atoms with Crippen molar-refractivity contribution < 1.29 is 23.9 Å². The van der Waals surface area contributed by atoms with E-state index in [-0.39, 0.29) is 41.3 Å². The summed E-state index contributed by atoms with van der Waals surface area (Å²) in [4.78, 5) is 40.8. The highest BCUT2D eigenvalue weighted by Crippen LogP contribution is 2.59. The fourth-order valence-electron chi connectivity index (χ4n) is 4.73. The molecule has 0 spiro atoms. The zero-order chi connectivity index (χ0) is 18.3. The molecule has 9 nitrogen and oxygen atoms in total. The van der Waals surface area contributed by atoms with Crippen LogP contribution < -0.4 is 11.5 Å². The topological polar surface area (TPSA) is 128 Å². The number of piperazine rings is 1. The van der Waals surface area contributed by atoms with Gasteiger partial charge in [0.05, 0.1) is 23.4 Å². The summed E-state index contributed by atoms with van der Waals surface area (Å²) in [6.45, 7) is 1.96. The number of hydrogen-bond donors (Lipinski definition) is 2. The van der Waals surface area contributed by atoms with Gasteiger partial charge in [-0.15, -0.1) is 0 Å². The standard InChI is InChI=1S/C16H20N4O5/c1-6-10(17)13(22)9-7(5-25-15(18)23)16(24-3)14-8(19(14)2)4-20(16)11(9)12(6)21/h7-8,14H,4-5,17H2,1-3H3,(H2,18,23)/t7-,8?,14+,16-,19?/m1/s1. The SMILES string of the molecule is CO[C@@]12[C@H](COC(N)=O)C3=C(C(=O)C(C)=C(N)C3=O)N1CC1[C@@H]2N1C. The number of amides is 1. The Balaban J connectivity index is 1.85. The Morgan fingerprint density at radius 1 is 1.36 bits per heavy atom. The summed E-state index contributed by atoms with van der Waals surface area (Å²) in [6, 6.07) is 0.211. The van der Waals surface area contributed by atoms with Gasteiger partial charge in [0.2, 0.25) is 11.6 Å². The Morgan fingerprint density at radius 2 is 2.04 bits per heavy atom. The monoisotopic (exact) mass is 348 g/mol. The fourth-order valence-corrected chi connectivity index (χ4v) is 4.73. The van der Waals surface area contributed by atoms with Crippen molar-refractivity contribution in [1.29, 1.82) is 0 Å². The third-order valence-corrected chi connectivity index (χ3v) is 5.99. The van der Waals surface area contributed by atoms with Crippen LogP contribution in [-0.4, -0.2) is 72.6 Å². The quantitative estimate of drug-likeness (QED) is 0.475. The number of primary amides is 1. The molecular weight excluding hydrogens is 328 g/mol. The highest BCUT2D eigenvalue weighted by atomic mass is 16.6. The summed E-state index contributed by atoms with van der Waals surface area (Å²) in [5.74, 6) is -1.32. The van der Waals surface area contributed by atoms with Gasteiger partial charge < -0.3 is 25.8 Å². The van der Waals surface area contributed by atoms with Gasteiger partial charge in [-0.05, 0) is 14.0 Å². The molecule has 0 aromatic rings. The number of ether oxygens (including phenoxy) is 2. The molecule has 0 aromatic heterocycles. The number of nitrogens with two attached hydrogens (primary N) is 2. The van der Waals surface area contributed by atoms with Gasteiger partial charge in [-0.3, -0.25) is 14.5 Å². The van der Waals surface area contributed by atoms with Crippen LogP contribution in [0.3, 0.4) is 0 Å². The van der Waals surface area contributed by atoms with E-state index in [0.717, 1.165) is 0 Å². The van der Waals surface area contributed by atoms with Crippen LogP contribution in [0.2, 0.25) is 0 Å². The lowest BCUT2D eigenvalue weighted by molar-refractivity contribution is -0.144. The van der Waals surface area contributed by atoms with E-state index >= 15 is 0 Å². The molecule has 5 atom stereocenters. The lowest BCUT2D eigenvalue weighted by atomic mass is 9.82. The molecule has 2 unspecified atom stereocenters. The number of rotatable bonds is 3. The van der Waals surface area contributed by atoms with E-state index in [4.69, 9.17) is 20.9 Å². The van der Waals surface area contributed by atoms with Crippen molar-refractivity contribution in [2.24, 2.45) is 17.4 Å². The number of Topliss-reactive ketones (excluding diaryl/α,β-unsaturated/α-hetero) is 2. The van der Waals surface area contributed by atoms with Crippen molar-refractivity contribution in [2.75, 3.05) is 27.3 Å². The molecule has 9 heteroatoms. The number of carbonyl (C=O) groups excluding carboxylic acids is 3. The van der Waals surface area contributed by atoms with E-state index < -0.39 is 23.5 Å². The van der Waals surface area contributed by atoms with Crippen LogP contribution in [0.15, 0.2) is 22.5 Å². The van der Waals surface area contributed by atoms with Crippen LogP contribution in [0.5, 0.6) is 0 Å². The Labute approximate surface area is 144 Å². The molecule has 0 radical (unpaired) electrons. The first-order valence-electron chi connectivity index (χ1n) is 8.04. The molecule has 134 valence electrons. The zero-order valence-corrected chi connectivity index (χ0v) is 14.2. The van der Waals surface area contributed by atoms with E-state index in [1.807, 2.05) is 11.9 Å². The third kappa shape index (κ3) is 1.72. The predicted molar refractivity (Wildman–Crippen MR) is 84.7 cm³/mol. The average molecular weight is 348 g/mol. The molecule has 3 aliphatic heterocycles. The summed E-state index contributed by atoms with van der Waals surface area (Å²) in [6.07, 6.45) is -0.945. The Hall–Kier alpha value is -2.39. The first kappa shape index (κ1) is 16.1. The van der Waals surface area contributed by atoms with Crippen molar-refractivity contribution in [1.82, 2.24) is 9.80 Å². The summed E-state index contributed by atoms with van der Waals surface area (Å²) >= 11 is 0. The van der Waals surface area contributed by atoms with Gasteiger partial charge in [-0.25, -0.2) is 4.79 Å². The van der Waals surface area contributed by atoms with E-state index in [2.05, 4.69) is 4.90 Å². The predicted octanol–water partition coefficient (Wildman–Crippen LogP) is -1.31. The Bertz CT molecular complexity index is 787. The van der Waals surface area contributed by atoms with Crippen LogP contribution in [0, 0.1) is 5.92 Å². The van der Waals surface area contributed by atoms with Crippen molar-refractivity contribution >= 4 is 17.7 Å². The average Bonchev–Trinajstić information content (AvgIpc) is 2.96. The van der Waals surface area contributed by atoms with Crippen LogP contribution in [0.1, 0.15) is 6.92 Å². The molecule has 2 fully saturated rings. The van der Waals surface area contributed by atoms with Crippen molar-refractivity contribution in [3.05, 3.63) is 22.5 Å². The van der Waals surface area contributed by atoms with Crippen LogP contribution in [0.25, 0.3) is 0 Å². The molecule has 0 bridgehead atoms. The highest BCUT2D eigenvalue weighted by Gasteiger charge is 2.75. The van der Waals surface area contributed by atoms with Crippen LogP contribution in [0.4, 0.5) is 4.79 Å². The third-order valence-electron chi connectivity index (χ3n) is 5.99. The normalized spacial score (nSPS) is 38.8. The number of methoxy groups -OCH3 is 1. The maximum absolute atomic E-state index is 12.9. The number of likely N-dealkylation sites (N-methyl/N-ethyl adjacent to an activating group) is 1. The van der Waals surface area contributed by atoms with E-state index in [9.17, 15) is 14.4 Å². The number of nitrogens with zero attached hydrogens (tertiary/aromatic N) is 2. The molecule has 4 N–H and O–H groups in total. The number of carbonyl (C=O) groups is 3. The first-order chi connectivity index (χ1) is 11.8. The fraction of sp³-hybridized carbons (Fsp3) is 0.562. The van der Waals surface area contributed by atoms with Gasteiger partial charge in [-0.1, -0.05) is 0 Å². The summed E-state index contributed by atoms with van der Waals surface area (Å²) in [7, 11) is 3.49. The lowest BCUT2D eigenvalue weighted by Crippen LogP contribution is -2.55. The number of allylic oxidation sites excluding steroid dienone is 2. The zero-order valence-electron chi connectivity index (χ0n) is 14.2. The number of fused-ring (bicyclic) bond motifs is 4. The maximum Gasteiger partial charge on any atom is 0.404 e. The molecule has 4 aliphatic rings. The molecule has 1 aliphatic carbocycles. The minimum Gasteiger partial charge on any atom is -0.449 e. The van der Waals surface area contributed by atoms with E-state index in [1.54, 1.807) is 6.92 Å². The first-order valence-corrected chi connectivity index (χ1v) is 8.04. The Kier molecular flexibility index (Phi) is 3.11. The molecule has 0 saturated carbocycles. The van der Waals surface area contributed by atoms with Gasteiger partial charge in [-0.2, -0.15) is 0 Å². The summed E-state index contributed by atoms with van der Waals surface area (Å²) in [5, 5.41) is 0. The van der Waals surface area contributed by atoms with Crippen molar-refractivity contribution in [3.8, 4) is 0 Å². The molecule has 3 heterocycles. The summed E-state index contributed by atoms with van der Waals surface area (Å²) < 4.78 is 10.9. The van der Waals surface area contributed by atoms with Gasteiger partial charge in [0.1, 0.15) is 6.61 Å². The van der Waals surface area contributed by atoms with Crippen molar-refractivity contribution in [3.63, 3.8) is 0 Å². The smallest absolute Gasteiger partial charge is 0.404 e. The second kappa shape index (κ2) is 4.83. The van der Waals surface area contributed by atoms with Gasteiger partial charge >= 0.3 is 6.09 Å². The molecular formula is C16H20N4O5. The Morgan fingerprint density at radius 3 is 2.64 bits per heavy atom. The van der Waals surface area contributed by atoms with Gasteiger partial charge in [0, 0.05) is 30.8 Å². The minimum absolute atomic E-state index is 0.00768. The van der Waals surface area contributed by atoms with E-state index in [0.29, 0.717) is 12.2 Å². The minimum atomic E-state index is -0.949. The van der Waals surface area contributed by atoms with Crippen LogP contribution >= 0.6 is 0 Å². The summed E-state index contributed by atoms with van der Waals surface area (Å²) in [5.41, 5.74) is 10.8. The van der Waals surface area contributed by atoms with Gasteiger partial charge in [0.25, 0.3) is 0 Å².